The maximum absolute atomic E-state index is 13.6. The highest BCUT2D eigenvalue weighted by Crippen LogP contribution is 2.34. The van der Waals surface area contributed by atoms with Gasteiger partial charge < -0.3 is 20.1 Å². The lowest BCUT2D eigenvalue weighted by Gasteiger charge is -2.27. The zero-order valence-corrected chi connectivity index (χ0v) is 18.3. The summed E-state index contributed by atoms with van der Waals surface area (Å²) in [4.78, 5) is 40.3. The second kappa shape index (κ2) is 8.90. The van der Waals surface area contributed by atoms with Crippen molar-refractivity contribution in [2.45, 2.75) is 12.0 Å². The normalized spacial score (nSPS) is 19.0. The van der Waals surface area contributed by atoms with E-state index in [0.717, 1.165) is 10.5 Å². The number of anilines is 1. The third kappa shape index (κ3) is 4.05. The van der Waals surface area contributed by atoms with Gasteiger partial charge in [-0.3, -0.25) is 14.5 Å². The summed E-state index contributed by atoms with van der Waals surface area (Å²) < 4.78 is 11.0. The van der Waals surface area contributed by atoms with E-state index in [-0.39, 0.29) is 6.42 Å². The second-order valence-corrected chi connectivity index (χ2v) is 8.16. The average molecular weight is 457 g/mol. The maximum Gasteiger partial charge on any atom is 0.325 e. The lowest BCUT2D eigenvalue weighted by molar-refractivity contribution is -0.134. The molecule has 3 aromatic rings. The Morgan fingerprint density at radius 1 is 0.912 bits per heavy atom. The van der Waals surface area contributed by atoms with Crippen LogP contribution in [0.2, 0.25) is 0 Å². The van der Waals surface area contributed by atoms with E-state index in [1.807, 2.05) is 48.5 Å². The predicted octanol–water partition coefficient (Wildman–Crippen LogP) is 3.09. The van der Waals surface area contributed by atoms with E-state index < -0.39 is 29.9 Å². The molecule has 1 saturated heterocycles. The number of hydrogen-bond donors (Lipinski definition) is 2. The van der Waals surface area contributed by atoms with Crippen LogP contribution in [0.5, 0.6) is 11.5 Å². The van der Waals surface area contributed by atoms with E-state index in [4.69, 9.17) is 9.47 Å². The van der Waals surface area contributed by atoms with E-state index in [1.165, 1.54) is 0 Å². The molecule has 5 rings (SSSR count). The van der Waals surface area contributed by atoms with Crippen LogP contribution < -0.4 is 20.1 Å². The lowest BCUT2D eigenvalue weighted by atomic mass is 9.83. The number of amides is 4. The zero-order chi connectivity index (χ0) is 23.5. The summed E-state index contributed by atoms with van der Waals surface area (Å²) in [5.41, 5.74) is 0.742. The molecule has 0 aliphatic carbocycles. The van der Waals surface area contributed by atoms with Gasteiger partial charge in [0.15, 0.2) is 17.0 Å². The molecule has 172 valence electrons. The molecular formula is C26H23N3O5. The van der Waals surface area contributed by atoms with Crippen molar-refractivity contribution in [2.75, 3.05) is 25.1 Å². The first-order chi connectivity index (χ1) is 16.5. The van der Waals surface area contributed by atoms with Gasteiger partial charge in [-0.1, -0.05) is 60.7 Å². The third-order valence-electron chi connectivity index (χ3n) is 5.88. The molecule has 2 aliphatic rings. The Hall–Kier alpha value is -4.33. The Labute approximate surface area is 196 Å². The predicted molar refractivity (Wildman–Crippen MR) is 125 cm³/mol. The van der Waals surface area contributed by atoms with E-state index in [0.29, 0.717) is 36.0 Å². The smallest absolute Gasteiger partial charge is 0.325 e. The monoisotopic (exact) mass is 457 g/mol. The fourth-order valence-corrected chi connectivity index (χ4v) is 4.28. The molecule has 1 atom stereocenters. The Morgan fingerprint density at radius 2 is 1.59 bits per heavy atom. The van der Waals surface area contributed by atoms with Crippen LogP contribution >= 0.6 is 0 Å². The van der Waals surface area contributed by atoms with Crippen LogP contribution in [-0.2, 0) is 21.5 Å². The highest BCUT2D eigenvalue weighted by molar-refractivity contribution is 6.10. The van der Waals surface area contributed by atoms with Crippen molar-refractivity contribution >= 4 is 23.5 Å². The first-order valence-electron chi connectivity index (χ1n) is 11.0. The average Bonchev–Trinajstić information content (AvgIpc) is 3.10. The number of imide groups is 1. The molecule has 0 bridgehead atoms. The summed E-state index contributed by atoms with van der Waals surface area (Å²) >= 11 is 0. The van der Waals surface area contributed by atoms with Gasteiger partial charge in [0.05, 0.1) is 0 Å². The lowest BCUT2D eigenvalue weighted by Crippen LogP contribution is -2.46. The van der Waals surface area contributed by atoms with Crippen molar-refractivity contribution in [1.29, 1.82) is 0 Å². The molecule has 0 saturated carbocycles. The standard InChI is InChI=1S/C26H23N3O5/c30-23(27-20-11-12-21-22(15-20)34-14-13-33-21)17-29-24(31)26(28-25(29)32,19-9-5-2-6-10-19)16-18-7-3-1-4-8-18/h1-12,15H,13-14,16-17H2,(H,27,30)(H,28,32). The minimum Gasteiger partial charge on any atom is -0.486 e. The van der Waals surface area contributed by atoms with Gasteiger partial charge >= 0.3 is 6.03 Å². The van der Waals surface area contributed by atoms with Crippen LogP contribution in [-0.4, -0.2) is 42.5 Å². The molecule has 0 aromatic heterocycles. The number of carbonyl (C=O) groups is 3. The van der Waals surface area contributed by atoms with E-state index in [1.54, 1.807) is 30.3 Å². The summed E-state index contributed by atoms with van der Waals surface area (Å²) in [6, 6.07) is 23.0. The quantitative estimate of drug-likeness (QED) is 0.555. The van der Waals surface area contributed by atoms with Gasteiger partial charge in [-0.15, -0.1) is 0 Å². The molecule has 34 heavy (non-hydrogen) atoms. The number of nitrogens with zero attached hydrogens (tertiary/aromatic N) is 1. The largest absolute Gasteiger partial charge is 0.486 e. The molecule has 3 aromatic carbocycles. The summed E-state index contributed by atoms with van der Waals surface area (Å²) in [5.74, 6) is 0.172. The minimum absolute atomic E-state index is 0.267. The van der Waals surface area contributed by atoms with Gasteiger partial charge in [0.2, 0.25) is 5.91 Å². The molecule has 0 spiro atoms. The number of benzene rings is 3. The number of hydrogen-bond acceptors (Lipinski definition) is 5. The van der Waals surface area contributed by atoms with Crippen molar-refractivity contribution in [3.05, 3.63) is 90.0 Å². The van der Waals surface area contributed by atoms with Crippen molar-refractivity contribution in [3.8, 4) is 11.5 Å². The molecule has 2 heterocycles. The molecule has 8 heteroatoms. The van der Waals surface area contributed by atoms with Gasteiger partial charge in [-0.2, -0.15) is 0 Å². The zero-order valence-electron chi connectivity index (χ0n) is 18.3. The van der Waals surface area contributed by atoms with Crippen molar-refractivity contribution < 1.29 is 23.9 Å². The first kappa shape index (κ1) is 21.5. The van der Waals surface area contributed by atoms with Gasteiger partial charge in [0.25, 0.3) is 5.91 Å². The molecular weight excluding hydrogens is 434 g/mol. The SMILES string of the molecule is O=C(CN1C(=O)NC(Cc2ccccc2)(c2ccccc2)C1=O)Nc1ccc2c(c1)OCCO2. The number of urea groups is 1. The van der Waals surface area contributed by atoms with E-state index in [2.05, 4.69) is 10.6 Å². The fourth-order valence-electron chi connectivity index (χ4n) is 4.28. The van der Waals surface area contributed by atoms with E-state index in [9.17, 15) is 14.4 Å². The molecule has 8 nitrogen and oxygen atoms in total. The summed E-state index contributed by atoms with van der Waals surface area (Å²) in [6.07, 6.45) is 0.267. The van der Waals surface area contributed by atoms with Crippen LogP contribution in [0.3, 0.4) is 0 Å². The number of fused-ring (bicyclic) bond motifs is 1. The first-order valence-corrected chi connectivity index (χ1v) is 11.0. The van der Waals surface area contributed by atoms with Crippen LogP contribution in [0, 0.1) is 0 Å². The van der Waals surface area contributed by atoms with Crippen molar-refractivity contribution in [3.63, 3.8) is 0 Å². The Bertz CT molecular complexity index is 1230. The Kier molecular flexibility index (Phi) is 5.63. The molecule has 2 aliphatic heterocycles. The second-order valence-electron chi connectivity index (χ2n) is 8.16. The number of carbonyl (C=O) groups excluding carboxylic acids is 3. The molecule has 0 radical (unpaired) electrons. The molecule has 1 unspecified atom stereocenters. The minimum atomic E-state index is -1.29. The molecule has 1 fully saturated rings. The number of rotatable bonds is 6. The van der Waals surface area contributed by atoms with Crippen molar-refractivity contribution in [2.24, 2.45) is 0 Å². The number of ether oxygens (including phenoxy) is 2. The Balaban J connectivity index is 1.37. The number of nitrogens with one attached hydrogen (secondary N) is 2. The van der Waals surface area contributed by atoms with Crippen LogP contribution in [0.25, 0.3) is 0 Å². The van der Waals surface area contributed by atoms with Gasteiger partial charge in [0, 0.05) is 18.2 Å². The topological polar surface area (TPSA) is 97.0 Å². The van der Waals surface area contributed by atoms with Crippen molar-refractivity contribution in [1.82, 2.24) is 10.2 Å². The summed E-state index contributed by atoms with van der Waals surface area (Å²) in [7, 11) is 0. The van der Waals surface area contributed by atoms with E-state index >= 15 is 0 Å². The van der Waals surface area contributed by atoms with Gasteiger partial charge in [-0.05, 0) is 23.3 Å². The summed E-state index contributed by atoms with van der Waals surface area (Å²) in [6.45, 7) is 0.481. The highest BCUT2D eigenvalue weighted by Gasteiger charge is 2.52. The molecule has 2 N–H and O–H groups in total. The van der Waals surface area contributed by atoms with Crippen LogP contribution in [0.4, 0.5) is 10.5 Å². The Morgan fingerprint density at radius 3 is 2.32 bits per heavy atom. The van der Waals surface area contributed by atoms with Crippen LogP contribution in [0.1, 0.15) is 11.1 Å². The van der Waals surface area contributed by atoms with Gasteiger partial charge in [0.1, 0.15) is 19.8 Å². The van der Waals surface area contributed by atoms with Gasteiger partial charge in [-0.25, -0.2) is 4.79 Å². The summed E-state index contributed by atoms with van der Waals surface area (Å²) in [5, 5.41) is 5.59. The van der Waals surface area contributed by atoms with Crippen LogP contribution in [0.15, 0.2) is 78.9 Å². The fraction of sp³-hybridized carbons (Fsp3) is 0.192. The third-order valence-corrected chi connectivity index (χ3v) is 5.88. The highest BCUT2D eigenvalue weighted by atomic mass is 16.6. The molecule has 4 amide bonds. The maximum atomic E-state index is 13.6.